The van der Waals surface area contributed by atoms with Gasteiger partial charge in [0, 0.05) is 33.2 Å². The van der Waals surface area contributed by atoms with Crippen molar-refractivity contribution in [2.45, 2.75) is 0 Å². The molecule has 0 atom stereocenters. The number of amides is 2. The number of aromatic nitrogens is 1. The van der Waals surface area contributed by atoms with Crippen molar-refractivity contribution in [1.29, 1.82) is 0 Å². The minimum Gasteiger partial charge on any atom is -0.345 e. The van der Waals surface area contributed by atoms with E-state index in [1.807, 2.05) is 23.1 Å². The van der Waals surface area contributed by atoms with Crippen molar-refractivity contribution in [3.8, 4) is 0 Å². The highest BCUT2D eigenvalue weighted by Gasteiger charge is 2.22. The number of anilines is 1. The third-order valence-corrected chi connectivity index (χ3v) is 4.43. The van der Waals surface area contributed by atoms with Crippen molar-refractivity contribution in [3.05, 3.63) is 24.3 Å². The Morgan fingerprint density at radius 2 is 2.00 bits per heavy atom. The van der Waals surface area contributed by atoms with Crippen LogP contribution in [-0.4, -0.2) is 49.1 Å². The molecule has 0 radical (unpaired) electrons. The van der Waals surface area contributed by atoms with Gasteiger partial charge in [0.2, 0.25) is 0 Å². The second-order valence-corrected chi connectivity index (χ2v) is 5.50. The quantitative estimate of drug-likeness (QED) is 0.863. The van der Waals surface area contributed by atoms with E-state index in [4.69, 9.17) is 0 Å². The van der Waals surface area contributed by atoms with E-state index in [1.54, 1.807) is 18.4 Å². The average molecular weight is 276 g/mol. The van der Waals surface area contributed by atoms with Crippen LogP contribution in [0.3, 0.4) is 0 Å². The number of hydrogen-bond donors (Lipinski definition) is 1. The molecule has 0 spiro atoms. The Bertz CT molecular complexity index is 556. The van der Waals surface area contributed by atoms with Gasteiger partial charge in [-0.3, -0.25) is 0 Å². The predicted molar refractivity (Wildman–Crippen MR) is 77.9 cm³/mol. The molecule has 1 aromatic carbocycles. The van der Waals surface area contributed by atoms with E-state index >= 15 is 0 Å². The van der Waals surface area contributed by atoms with E-state index in [-0.39, 0.29) is 6.03 Å². The molecule has 0 unspecified atom stereocenters. The van der Waals surface area contributed by atoms with Gasteiger partial charge in [0.05, 0.1) is 10.2 Å². The fourth-order valence-corrected chi connectivity index (χ4v) is 3.27. The maximum atomic E-state index is 11.5. The van der Waals surface area contributed by atoms with Gasteiger partial charge in [-0.1, -0.05) is 23.5 Å². The summed E-state index contributed by atoms with van der Waals surface area (Å²) in [5.74, 6) is 0. The second kappa shape index (κ2) is 5.05. The lowest BCUT2D eigenvalue weighted by Crippen LogP contribution is -2.51. The maximum absolute atomic E-state index is 11.5. The summed E-state index contributed by atoms with van der Waals surface area (Å²) in [6.45, 7) is 3.17. The SMILES string of the molecule is CNC(=O)N1CCN(c2nc3ccccc3s2)CC1. The molecule has 1 N–H and O–H groups in total. The number of hydrogen-bond acceptors (Lipinski definition) is 4. The summed E-state index contributed by atoms with van der Waals surface area (Å²) in [6, 6.07) is 8.18. The standard InChI is InChI=1S/C13H16N4OS/c1-14-12(18)16-6-8-17(9-7-16)13-15-10-4-2-3-5-11(10)19-13/h2-5H,6-9H2,1H3,(H,14,18). The van der Waals surface area contributed by atoms with Gasteiger partial charge in [-0.25, -0.2) is 9.78 Å². The van der Waals surface area contributed by atoms with Crippen LogP contribution in [0.5, 0.6) is 0 Å². The Morgan fingerprint density at radius 1 is 1.26 bits per heavy atom. The van der Waals surface area contributed by atoms with Gasteiger partial charge in [0.25, 0.3) is 0 Å². The molecule has 1 aliphatic rings. The van der Waals surface area contributed by atoms with Crippen molar-refractivity contribution >= 4 is 32.7 Å². The molecule has 100 valence electrons. The van der Waals surface area contributed by atoms with Crippen LogP contribution in [0.15, 0.2) is 24.3 Å². The van der Waals surface area contributed by atoms with E-state index in [0.29, 0.717) is 0 Å². The van der Waals surface area contributed by atoms with Crippen molar-refractivity contribution in [1.82, 2.24) is 15.2 Å². The van der Waals surface area contributed by atoms with E-state index in [9.17, 15) is 4.79 Å². The molecule has 1 aromatic heterocycles. The summed E-state index contributed by atoms with van der Waals surface area (Å²) >= 11 is 1.71. The third kappa shape index (κ3) is 2.35. The number of para-hydroxylation sites is 1. The smallest absolute Gasteiger partial charge is 0.317 e. The van der Waals surface area contributed by atoms with Crippen LogP contribution >= 0.6 is 11.3 Å². The number of piperazine rings is 1. The first-order chi connectivity index (χ1) is 9.28. The molecule has 1 fully saturated rings. The molecule has 0 saturated carbocycles. The maximum Gasteiger partial charge on any atom is 0.317 e. The van der Waals surface area contributed by atoms with Crippen molar-refractivity contribution in [3.63, 3.8) is 0 Å². The van der Waals surface area contributed by atoms with Crippen LogP contribution in [0, 0.1) is 0 Å². The number of thiazole rings is 1. The summed E-state index contributed by atoms with van der Waals surface area (Å²) < 4.78 is 1.21. The first-order valence-electron chi connectivity index (χ1n) is 6.35. The molecule has 1 aliphatic heterocycles. The van der Waals surface area contributed by atoms with E-state index < -0.39 is 0 Å². The highest BCUT2D eigenvalue weighted by Crippen LogP contribution is 2.28. The zero-order valence-electron chi connectivity index (χ0n) is 10.8. The number of carbonyl (C=O) groups excluding carboxylic acids is 1. The van der Waals surface area contributed by atoms with Gasteiger partial charge in [0.1, 0.15) is 0 Å². The molecule has 0 aliphatic carbocycles. The van der Waals surface area contributed by atoms with E-state index in [2.05, 4.69) is 21.3 Å². The zero-order valence-corrected chi connectivity index (χ0v) is 11.6. The Labute approximate surface area is 115 Å². The van der Waals surface area contributed by atoms with Crippen molar-refractivity contribution in [2.24, 2.45) is 0 Å². The lowest BCUT2D eigenvalue weighted by atomic mass is 10.3. The van der Waals surface area contributed by atoms with Crippen LogP contribution in [0.4, 0.5) is 9.93 Å². The summed E-state index contributed by atoms with van der Waals surface area (Å²) in [4.78, 5) is 20.3. The topological polar surface area (TPSA) is 48.5 Å². The summed E-state index contributed by atoms with van der Waals surface area (Å²) in [7, 11) is 1.67. The van der Waals surface area contributed by atoms with Crippen LogP contribution in [-0.2, 0) is 0 Å². The van der Waals surface area contributed by atoms with E-state index in [1.165, 1.54) is 4.70 Å². The Morgan fingerprint density at radius 3 is 2.68 bits per heavy atom. The minimum absolute atomic E-state index is 0.00366. The number of nitrogens with zero attached hydrogens (tertiary/aromatic N) is 3. The number of nitrogens with one attached hydrogen (secondary N) is 1. The Kier molecular flexibility index (Phi) is 3.25. The summed E-state index contributed by atoms with van der Waals surface area (Å²) in [5, 5.41) is 3.72. The molecular formula is C13H16N4OS. The first-order valence-corrected chi connectivity index (χ1v) is 7.17. The Balaban J connectivity index is 1.72. The fraction of sp³-hybridized carbons (Fsp3) is 0.385. The van der Waals surface area contributed by atoms with Gasteiger partial charge in [-0.2, -0.15) is 0 Å². The second-order valence-electron chi connectivity index (χ2n) is 4.49. The molecule has 5 nitrogen and oxygen atoms in total. The normalized spacial score (nSPS) is 15.8. The van der Waals surface area contributed by atoms with E-state index in [0.717, 1.165) is 36.8 Å². The van der Waals surface area contributed by atoms with Gasteiger partial charge in [-0.05, 0) is 12.1 Å². The third-order valence-electron chi connectivity index (χ3n) is 3.33. The van der Waals surface area contributed by atoms with Gasteiger partial charge in [-0.15, -0.1) is 0 Å². The van der Waals surface area contributed by atoms with Crippen LogP contribution in [0.2, 0.25) is 0 Å². The average Bonchev–Trinajstić information content (AvgIpc) is 2.90. The molecule has 1 saturated heterocycles. The number of fused-ring (bicyclic) bond motifs is 1. The molecule has 3 rings (SSSR count). The zero-order chi connectivity index (χ0) is 13.2. The highest BCUT2D eigenvalue weighted by molar-refractivity contribution is 7.22. The predicted octanol–water partition coefficient (Wildman–Crippen LogP) is 1.76. The van der Waals surface area contributed by atoms with Crippen LogP contribution in [0.25, 0.3) is 10.2 Å². The molecule has 6 heteroatoms. The molecule has 2 heterocycles. The summed E-state index contributed by atoms with van der Waals surface area (Å²) in [6.07, 6.45) is 0. The lowest BCUT2D eigenvalue weighted by Gasteiger charge is -2.34. The van der Waals surface area contributed by atoms with Gasteiger partial charge in [0.15, 0.2) is 5.13 Å². The van der Waals surface area contributed by atoms with Crippen molar-refractivity contribution in [2.75, 3.05) is 38.1 Å². The number of benzene rings is 1. The van der Waals surface area contributed by atoms with Crippen molar-refractivity contribution < 1.29 is 4.79 Å². The molecular weight excluding hydrogens is 260 g/mol. The molecule has 2 amide bonds. The lowest BCUT2D eigenvalue weighted by molar-refractivity contribution is 0.196. The number of carbonyl (C=O) groups is 1. The van der Waals surface area contributed by atoms with Crippen LogP contribution in [0.1, 0.15) is 0 Å². The van der Waals surface area contributed by atoms with Gasteiger partial charge < -0.3 is 15.1 Å². The molecule has 0 bridgehead atoms. The highest BCUT2D eigenvalue weighted by atomic mass is 32.1. The largest absolute Gasteiger partial charge is 0.345 e. The van der Waals surface area contributed by atoms with Gasteiger partial charge >= 0.3 is 6.03 Å². The molecule has 19 heavy (non-hydrogen) atoms. The van der Waals surface area contributed by atoms with Crippen LogP contribution < -0.4 is 10.2 Å². The first kappa shape index (κ1) is 12.2. The monoisotopic (exact) mass is 276 g/mol. The minimum atomic E-state index is 0.00366. The summed E-state index contributed by atoms with van der Waals surface area (Å²) in [5.41, 5.74) is 1.05. The fourth-order valence-electron chi connectivity index (χ4n) is 2.25. The Hall–Kier alpha value is -1.82. The number of urea groups is 1. The molecule has 2 aromatic rings. The number of rotatable bonds is 1.